The molecule has 0 amide bonds. The van der Waals surface area contributed by atoms with E-state index in [0.29, 0.717) is 5.88 Å². The zero-order valence-electron chi connectivity index (χ0n) is 11.3. The quantitative estimate of drug-likeness (QED) is 0.463. The minimum Gasteiger partial charge on any atom is -0.496 e. The second-order valence-electron chi connectivity index (χ2n) is 4.73. The number of alkyl halides is 1. The Morgan fingerprint density at radius 3 is 2.30 bits per heavy atom. The molecular weight excluding hydrogens is 268 g/mol. The molecule has 0 aliphatic carbocycles. The molecule has 3 rings (SSSR count). The molecule has 0 spiro atoms. The second-order valence-corrected chi connectivity index (χ2v) is 5.00. The van der Waals surface area contributed by atoms with E-state index < -0.39 is 0 Å². The van der Waals surface area contributed by atoms with Gasteiger partial charge in [-0.25, -0.2) is 0 Å². The smallest absolute Gasteiger partial charge is 0.124 e. The predicted molar refractivity (Wildman–Crippen MR) is 87.7 cm³/mol. The van der Waals surface area contributed by atoms with E-state index >= 15 is 0 Å². The van der Waals surface area contributed by atoms with Gasteiger partial charge in [0.15, 0.2) is 0 Å². The molecule has 0 N–H and O–H groups in total. The molecule has 3 aromatic carbocycles. The Morgan fingerprint density at radius 2 is 1.75 bits per heavy atom. The molecule has 0 bridgehead atoms. The lowest BCUT2D eigenvalue weighted by atomic mass is 9.95. The average molecular weight is 283 g/mol. The van der Waals surface area contributed by atoms with Crippen molar-refractivity contribution in [2.75, 3.05) is 7.11 Å². The van der Waals surface area contributed by atoms with Crippen LogP contribution in [0.3, 0.4) is 0 Å². The van der Waals surface area contributed by atoms with Gasteiger partial charge in [0.1, 0.15) is 5.75 Å². The minimum absolute atomic E-state index is 0.426. The summed E-state index contributed by atoms with van der Waals surface area (Å²) < 4.78 is 5.47. The van der Waals surface area contributed by atoms with Crippen molar-refractivity contribution < 1.29 is 4.74 Å². The summed E-state index contributed by atoms with van der Waals surface area (Å²) in [5.74, 6) is 1.24. The topological polar surface area (TPSA) is 9.23 Å². The number of benzene rings is 3. The summed E-state index contributed by atoms with van der Waals surface area (Å²) >= 11 is 6.13. The lowest BCUT2D eigenvalue weighted by molar-refractivity contribution is 0.412. The number of methoxy groups -OCH3 is 1. The zero-order chi connectivity index (χ0) is 14.1. The maximum Gasteiger partial charge on any atom is 0.124 e. The number of fused-ring (bicyclic) bond motifs is 2. The van der Waals surface area contributed by atoms with Crippen molar-refractivity contribution in [3.05, 3.63) is 60.2 Å². The fraction of sp³-hybridized carbons (Fsp3) is 0.111. The maximum absolute atomic E-state index is 6.13. The molecule has 20 heavy (non-hydrogen) atoms. The van der Waals surface area contributed by atoms with Gasteiger partial charge in [-0.1, -0.05) is 36.9 Å². The molecule has 3 aromatic rings. The van der Waals surface area contributed by atoms with Gasteiger partial charge in [-0.15, -0.1) is 11.6 Å². The molecule has 0 atom stereocenters. The normalized spacial score (nSPS) is 10.9. The van der Waals surface area contributed by atoms with Crippen molar-refractivity contribution in [3.63, 3.8) is 0 Å². The van der Waals surface area contributed by atoms with Crippen LogP contribution in [-0.4, -0.2) is 7.11 Å². The molecule has 0 aromatic heterocycles. The molecule has 2 heteroatoms. The number of hydrogen-bond donors (Lipinski definition) is 0. The summed E-state index contributed by atoms with van der Waals surface area (Å²) in [5.41, 5.74) is 2.09. The van der Waals surface area contributed by atoms with Crippen molar-refractivity contribution in [2.45, 2.75) is 5.88 Å². The standard InChI is InChI=1S/C18H15ClO/c1-3-12-10-18(20-2)17(11-19)16-9-14-7-5-4-6-13(14)8-15(12)16/h3-10H,1,11H2,2H3. The van der Waals surface area contributed by atoms with E-state index in [1.165, 1.54) is 10.8 Å². The van der Waals surface area contributed by atoms with Crippen molar-refractivity contribution in [1.82, 2.24) is 0 Å². The average Bonchev–Trinajstić information content (AvgIpc) is 2.51. The summed E-state index contributed by atoms with van der Waals surface area (Å²) in [5, 5.41) is 4.71. The van der Waals surface area contributed by atoms with Crippen molar-refractivity contribution in [2.24, 2.45) is 0 Å². The molecule has 100 valence electrons. The van der Waals surface area contributed by atoms with Crippen LogP contribution in [0, 0.1) is 0 Å². The molecule has 0 radical (unpaired) electrons. The number of hydrogen-bond acceptors (Lipinski definition) is 1. The molecule has 0 aliphatic heterocycles. The van der Waals surface area contributed by atoms with Gasteiger partial charge in [0.25, 0.3) is 0 Å². The van der Waals surface area contributed by atoms with Crippen LogP contribution in [0.25, 0.3) is 27.6 Å². The van der Waals surface area contributed by atoms with Crippen molar-refractivity contribution in [1.29, 1.82) is 0 Å². The van der Waals surface area contributed by atoms with Gasteiger partial charge in [0.2, 0.25) is 0 Å². The van der Waals surface area contributed by atoms with Crippen LogP contribution < -0.4 is 4.74 Å². The van der Waals surface area contributed by atoms with Gasteiger partial charge in [-0.05, 0) is 45.3 Å². The molecule has 0 saturated heterocycles. The third-order valence-electron chi connectivity index (χ3n) is 3.68. The first-order valence-corrected chi connectivity index (χ1v) is 7.02. The summed E-state index contributed by atoms with van der Waals surface area (Å²) in [6, 6.07) is 14.7. The predicted octanol–water partition coefficient (Wildman–Crippen LogP) is 5.38. The van der Waals surface area contributed by atoms with E-state index in [9.17, 15) is 0 Å². The van der Waals surface area contributed by atoms with Gasteiger partial charge >= 0.3 is 0 Å². The van der Waals surface area contributed by atoms with Crippen LogP contribution in [-0.2, 0) is 5.88 Å². The first-order chi connectivity index (χ1) is 9.78. The van der Waals surface area contributed by atoms with Crippen LogP contribution in [0.2, 0.25) is 0 Å². The third kappa shape index (κ3) is 1.95. The number of ether oxygens (including phenoxy) is 1. The SMILES string of the molecule is C=Cc1cc(OC)c(CCl)c2cc3ccccc3cc12. The first-order valence-electron chi connectivity index (χ1n) is 6.49. The van der Waals surface area contributed by atoms with Gasteiger partial charge in [0, 0.05) is 5.56 Å². The fourth-order valence-corrected chi connectivity index (χ4v) is 2.93. The third-order valence-corrected chi connectivity index (χ3v) is 3.95. The molecular formula is C18H15ClO. The molecule has 0 saturated carbocycles. The van der Waals surface area contributed by atoms with Crippen molar-refractivity contribution >= 4 is 39.2 Å². The summed E-state index contributed by atoms with van der Waals surface area (Å²) in [6.45, 7) is 3.90. The first kappa shape index (κ1) is 13.0. The fourth-order valence-electron chi connectivity index (χ4n) is 2.66. The Bertz CT molecular complexity index is 805. The molecule has 0 aliphatic rings. The lowest BCUT2D eigenvalue weighted by Crippen LogP contribution is -1.93. The summed E-state index contributed by atoms with van der Waals surface area (Å²) in [7, 11) is 1.67. The van der Waals surface area contributed by atoms with Gasteiger partial charge < -0.3 is 4.74 Å². The highest BCUT2D eigenvalue weighted by molar-refractivity contribution is 6.19. The highest BCUT2D eigenvalue weighted by Crippen LogP contribution is 2.35. The Hall–Kier alpha value is -1.99. The van der Waals surface area contributed by atoms with Crippen LogP contribution in [0.1, 0.15) is 11.1 Å². The molecule has 0 heterocycles. The number of halogens is 1. The van der Waals surface area contributed by atoms with Crippen LogP contribution >= 0.6 is 11.6 Å². The van der Waals surface area contributed by atoms with Gasteiger partial charge in [-0.3, -0.25) is 0 Å². The largest absolute Gasteiger partial charge is 0.496 e. The number of rotatable bonds is 3. The lowest BCUT2D eigenvalue weighted by Gasteiger charge is -2.14. The highest BCUT2D eigenvalue weighted by Gasteiger charge is 2.11. The van der Waals surface area contributed by atoms with Crippen molar-refractivity contribution in [3.8, 4) is 5.75 Å². The molecule has 0 fully saturated rings. The Balaban J connectivity index is 2.51. The van der Waals surface area contributed by atoms with Crippen LogP contribution in [0.4, 0.5) is 0 Å². The van der Waals surface area contributed by atoms with Gasteiger partial charge in [-0.2, -0.15) is 0 Å². The maximum atomic E-state index is 6.13. The highest BCUT2D eigenvalue weighted by atomic mass is 35.5. The van der Waals surface area contributed by atoms with Crippen LogP contribution in [0.5, 0.6) is 5.75 Å². The summed E-state index contributed by atoms with van der Waals surface area (Å²) in [6.07, 6.45) is 1.86. The zero-order valence-corrected chi connectivity index (χ0v) is 12.1. The van der Waals surface area contributed by atoms with E-state index in [0.717, 1.165) is 27.6 Å². The summed E-state index contributed by atoms with van der Waals surface area (Å²) in [4.78, 5) is 0. The minimum atomic E-state index is 0.426. The van der Waals surface area contributed by atoms with E-state index in [2.05, 4.69) is 30.8 Å². The van der Waals surface area contributed by atoms with E-state index in [1.54, 1.807) is 7.11 Å². The Kier molecular flexibility index (Phi) is 3.37. The molecule has 0 unspecified atom stereocenters. The second kappa shape index (κ2) is 5.18. The Morgan fingerprint density at radius 1 is 1.10 bits per heavy atom. The Labute approximate surface area is 123 Å². The van der Waals surface area contributed by atoms with E-state index in [1.807, 2.05) is 24.3 Å². The van der Waals surface area contributed by atoms with E-state index in [4.69, 9.17) is 16.3 Å². The van der Waals surface area contributed by atoms with Crippen LogP contribution in [0.15, 0.2) is 49.0 Å². The van der Waals surface area contributed by atoms with Gasteiger partial charge in [0.05, 0.1) is 13.0 Å². The van der Waals surface area contributed by atoms with E-state index in [-0.39, 0.29) is 0 Å². The monoisotopic (exact) mass is 282 g/mol. The molecule has 1 nitrogen and oxygen atoms in total.